The molecule has 2 aromatic carbocycles. The molecule has 0 aliphatic heterocycles. The maximum absolute atomic E-state index is 11.4. The number of hydrogen-bond acceptors (Lipinski definition) is 3. The third-order valence-electron chi connectivity index (χ3n) is 3.04. The van der Waals surface area contributed by atoms with E-state index in [-0.39, 0.29) is 5.78 Å². The van der Waals surface area contributed by atoms with Gasteiger partial charge in [0.05, 0.1) is 0 Å². The number of hydrogen-bond donors (Lipinski definition) is 1. The van der Waals surface area contributed by atoms with Gasteiger partial charge in [-0.15, -0.1) is 0 Å². The SMILES string of the molecule is O=C(CO)c1ccc2cc(-c3ccccc3)oc2c1. The lowest BCUT2D eigenvalue weighted by atomic mass is 10.1. The molecule has 0 fully saturated rings. The van der Waals surface area contributed by atoms with Gasteiger partial charge in [-0.2, -0.15) is 0 Å². The van der Waals surface area contributed by atoms with Gasteiger partial charge in [0.2, 0.25) is 0 Å². The molecule has 0 unspecified atom stereocenters. The molecule has 0 aliphatic carbocycles. The van der Waals surface area contributed by atoms with Crippen LogP contribution in [0.2, 0.25) is 0 Å². The Bertz CT molecular complexity index is 726. The lowest BCUT2D eigenvalue weighted by molar-refractivity contribution is 0.0904. The lowest BCUT2D eigenvalue weighted by Gasteiger charge is -1.96. The Labute approximate surface area is 110 Å². The Kier molecular flexibility index (Phi) is 2.89. The van der Waals surface area contributed by atoms with Gasteiger partial charge in [0.1, 0.15) is 18.0 Å². The van der Waals surface area contributed by atoms with Crippen LogP contribution >= 0.6 is 0 Å². The van der Waals surface area contributed by atoms with Gasteiger partial charge in [-0.3, -0.25) is 4.79 Å². The van der Waals surface area contributed by atoms with E-state index in [1.165, 1.54) is 0 Å². The van der Waals surface area contributed by atoms with Crippen LogP contribution in [-0.2, 0) is 0 Å². The molecular formula is C16H12O3. The smallest absolute Gasteiger partial charge is 0.188 e. The maximum Gasteiger partial charge on any atom is 0.188 e. The minimum Gasteiger partial charge on any atom is -0.456 e. The Morgan fingerprint density at radius 3 is 2.58 bits per heavy atom. The van der Waals surface area contributed by atoms with Crippen LogP contribution in [0.5, 0.6) is 0 Å². The Morgan fingerprint density at radius 2 is 1.84 bits per heavy atom. The highest BCUT2D eigenvalue weighted by atomic mass is 16.3. The van der Waals surface area contributed by atoms with Crippen molar-refractivity contribution in [2.45, 2.75) is 0 Å². The highest BCUT2D eigenvalue weighted by molar-refractivity contribution is 6.00. The molecule has 0 atom stereocenters. The van der Waals surface area contributed by atoms with Crippen LogP contribution in [0, 0.1) is 0 Å². The van der Waals surface area contributed by atoms with Gasteiger partial charge in [0, 0.05) is 16.5 Å². The molecule has 19 heavy (non-hydrogen) atoms. The first-order chi connectivity index (χ1) is 9.28. The van der Waals surface area contributed by atoms with E-state index in [1.54, 1.807) is 12.1 Å². The van der Waals surface area contributed by atoms with E-state index in [2.05, 4.69) is 0 Å². The fourth-order valence-corrected chi connectivity index (χ4v) is 2.04. The molecule has 1 heterocycles. The van der Waals surface area contributed by atoms with Gasteiger partial charge in [-0.25, -0.2) is 0 Å². The number of rotatable bonds is 3. The van der Waals surface area contributed by atoms with E-state index < -0.39 is 6.61 Å². The van der Waals surface area contributed by atoms with Crippen LogP contribution in [0.3, 0.4) is 0 Å². The summed E-state index contributed by atoms with van der Waals surface area (Å²) < 4.78 is 5.76. The molecule has 0 radical (unpaired) electrons. The molecular weight excluding hydrogens is 240 g/mol. The minimum absolute atomic E-state index is 0.306. The summed E-state index contributed by atoms with van der Waals surface area (Å²) in [7, 11) is 0. The maximum atomic E-state index is 11.4. The number of carbonyl (C=O) groups excluding carboxylic acids is 1. The number of Topliss-reactive ketones (excluding diaryl/α,β-unsaturated/α-hetero) is 1. The average molecular weight is 252 g/mol. The van der Waals surface area contributed by atoms with Gasteiger partial charge in [0.25, 0.3) is 0 Å². The first-order valence-electron chi connectivity index (χ1n) is 6.01. The fraction of sp³-hybridized carbons (Fsp3) is 0.0625. The van der Waals surface area contributed by atoms with E-state index in [9.17, 15) is 4.79 Å². The highest BCUT2D eigenvalue weighted by Gasteiger charge is 2.09. The third-order valence-corrected chi connectivity index (χ3v) is 3.04. The van der Waals surface area contributed by atoms with Crippen molar-refractivity contribution in [3.05, 3.63) is 60.2 Å². The number of furan rings is 1. The Morgan fingerprint density at radius 1 is 1.05 bits per heavy atom. The molecule has 0 spiro atoms. The number of benzene rings is 2. The standard InChI is InChI=1S/C16H12O3/c17-10-14(18)12-6-7-13-9-15(19-16(13)8-12)11-4-2-1-3-5-11/h1-9,17H,10H2. The molecule has 0 saturated carbocycles. The summed E-state index contributed by atoms with van der Waals surface area (Å²) in [5, 5.41) is 9.80. The van der Waals surface area contributed by atoms with Gasteiger partial charge >= 0.3 is 0 Å². The predicted molar refractivity (Wildman–Crippen MR) is 73.1 cm³/mol. The first kappa shape index (κ1) is 11.7. The summed E-state index contributed by atoms with van der Waals surface area (Å²) in [6.45, 7) is -0.488. The molecule has 0 bridgehead atoms. The Balaban J connectivity index is 2.09. The second kappa shape index (κ2) is 4.71. The number of fused-ring (bicyclic) bond motifs is 1. The zero-order valence-corrected chi connectivity index (χ0v) is 10.2. The quantitative estimate of drug-likeness (QED) is 0.728. The molecule has 3 nitrogen and oxygen atoms in total. The van der Waals surface area contributed by atoms with Crippen LogP contribution < -0.4 is 0 Å². The zero-order chi connectivity index (χ0) is 13.2. The molecule has 1 N–H and O–H groups in total. The summed E-state index contributed by atoms with van der Waals surface area (Å²) in [6.07, 6.45) is 0. The highest BCUT2D eigenvalue weighted by Crippen LogP contribution is 2.28. The van der Waals surface area contributed by atoms with Crippen LogP contribution in [0.25, 0.3) is 22.3 Å². The van der Waals surface area contributed by atoms with Crippen molar-refractivity contribution in [1.29, 1.82) is 0 Å². The third kappa shape index (κ3) is 2.16. The van der Waals surface area contributed by atoms with E-state index in [0.717, 1.165) is 16.7 Å². The molecule has 1 aromatic heterocycles. The topological polar surface area (TPSA) is 50.4 Å². The molecule has 3 heteroatoms. The lowest BCUT2D eigenvalue weighted by Crippen LogP contribution is -2.03. The van der Waals surface area contributed by atoms with E-state index >= 15 is 0 Å². The molecule has 0 saturated heterocycles. The summed E-state index contributed by atoms with van der Waals surface area (Å²) in [4.78, 5) is 11.4. The fourth-order valence-electron chi connectivity index (χ4n) is 2.04. The first-order valence-corrected chi connectivity index (χ1v) is 6.01. The van der Waals surface area contributed by atoms with Gasteiger partial charge in [0.15, 0.2) is 5.78 Å². The van der Waals surface area contributed by atoms with Crippen molar-refractivity contribution in [3.8, 4) is 11.3 Å². The average Bonchev–Trinajstić information content (AvgIpc) is 2.90. The number of ketones is 1. The Hall–Kier alpha value is -2.39. The van der Waals surface area contributed by atoms with Crippen LogP contribution in [0.15, 0.2) is 59.0 Å². The predicted octanol–water partition coefficient (Wildman–Crippen LogP) is 3.27. The van der Waals surface area contributed by atoms with E-state index in [4.69, 9.17) is 9.52 Å². The largest absolute Gasteiger partial charge is 0.456 e. The van der Waals surface area contributed by atoms with Gasteiger partial charge in [-0.05, 0) is 12.1 Å². The zero-order valence-electron chi connectivity index (χ0n) is 10.2. The van der Waals surface area contributed by atoms with Crippen molar-refractivity contribution in [2.75, 3.05) is 6.61 Å². The monoisotopic (exact) mass is 252 g/mol. The van der Waals surface area contributed by atoms with Crippen molar-refractivity contribution in [1.82, 2.24) is 0 Å². The van der Waals surface area contributed by atoms with Crippen LogP contribution in [-0.4, -0.2) is 17.5 Å². The minimum atomic E-state index is -0.488. The number of aliphatic hydroxyl groups is 1. The van der Waals surface area contributed by atoms with Gasteiger partial charge < -0.3 is 9.52 Å². The summed E-state index contributed by atoms with van der Waals surface area (Å²) in [6, 6.07) is 16.9. The number of carbonyl (C=O) groups is 1. The molecule has 94 valence electrons. The van der Waals surface area contributed by atoms with Crippen LogP contribution in [0.1, 0.15) is 10.4 Å². The van der Waals surface area contributed by atoms with Crippen molar-refractivity contribution in [3.63, 3.8) is 0 Å². The summed E-state index contributed by atoms with van der Waals surface area (Å²) >= 11 is 0. The number of aliphatic hydroxyl groups excluding tert-OH is 1. The molecule has 0 aliphatic rings. The normalized spacial score (nSPS) is 10.8. The van der Waals surface area contributed by atoms with Gasteiger partial charge in [-0.1, -0.05) is 42.5 Å². The van der Waals surface area contributed by atoms with E-state index in [1.807, 2.05) is 42.5 Å². The molecule has 0 amide bonds. The van der Waals surface area contributed by atoms with Crippen molar-refractivity contribution >= 4 is 16.8 Å². The van der Waals surface area contributed by atoms with Crippen molar-refractivity contribution in [2.24, 2.45) is 0 Å². The molecule has 3 rings (SSSR count). The van der Waals surface area contributed by atoms with E-state index in [0.29, 0.717) is 11.1 Å². The second-order valence-corrected chi connectivity index (χ2v) is 4.31. The van der Waals surface area contributed by atoms with Crippen LogP contribution in [0.4, 0.5) is 0 Å². The van der Waals surface area contributed by atoms with Crippen molar-refractivity contribution < 1.29 is 14.3 Å². The second-order valence-electron chi connectivity index (χ2n) is 4.31. The molecule has 3 aromatic rings. The summed E-state index contributed by atoms with van der Waals surface area (Å²) in [5.41, 5.74) is 2.11. The summed E-state index contributed by atoms with van der Waals surface area (Å²) in [5.74, 6) is 0.462.